The number of hydrogen-bond acceptors (Lipinski definition) is 8. The fourth-order valence-electron chi connectivity index (χ4n) is 3.17. The van der Waals surface area contributed by atoms with Gasteiger partial charge < -0.3 is 33.2 Å². The molecule has 0 heterocycles. The second-order valence-electron chi connectivity index (χ2n) is 8.09. The van der Waals surface area contributed by atoms with Crippen LogP contribution in [-0.2, 0) is 39.6 Å². The quantitative estimate of drug-likeness (QED) is 0.146. The van der Waals surface area contributed by atoms with Gasteiger partial charge in [0.25, 0.3) is 0 Å². The van der Waals surface area contributed by atoms with Gasteiger partial charge in [-0.15, -0.1) is 0 Å². The highest BCUT2D eigenvalue weighted by Crippen LogP contribution is 2.15. The molecule has 0 radical (unpaired) electrons. The molecule has 8 nitrogen and oxygen atoms in total. The van der Waals surface area contributed by atoms with E-state index in [2.05, 4.69) is 23.8 Å². The van der Waals surface area contributed by atoms with Crippen molar-refractivity contribution in [3.63, 3.8) is 0 Å². The minimum Gasteiger partial charge on any atom is -0.491 e. The molecule has 0 aliphatic heterocycles. The highest BCUT2D eigenvalue weighted by atomic mass is 16.6. The SMILES string of the molecule is CCCCCCCCc1ccc(OCCOCCOCCOCCOCCOCC(=O)OC)cc1. The smallest absolute Gasteiger partial charge is 0.331 e. The lowest BCUT2D eigenvalue weighted by Crippen LogP contribution is -2.15. The predicted molar refractivity (Wildman–Crippen MR) is 135 cm³/mol. The summed E-state index contributed by atoms with van der Waals surface area (Å²) in [6.45, 7) is 6.98. The molecule has 0 atom stereocenters. The molecule has 0 saturated carbocycles. The molecule has 0 aliphatic rings. The zero-order valence-electron chi connectivity index (χ0n) is 21.8. The number of esters is 1. The maximum absolute atomic E-state index is 10.8. The Morgan fingerprint density at radius 3 is 1.66 bits per heavy atom. The van der Waals surface area contributed by atoms with Crippen molar-refractivity contribution in [1.29, 1.82) is 0 Å². The van der Waals surface area contributed by atoms with Crippen molar-refractivity contribution in [3.05, 3.63) is 29.8 Å². The molecule has 0 unspecified atom stereocenters. The van der Waals surface area contributed by atoms with Crippen LogP contribution in [0.4, 0.5) is 0 Å². The van der Waals surface area contributed by atoms with Crippen molar-refractivity contribution in [2.75, 3.05) is 79.8 Å². The van der Waals surface area contributed by atoms with E-state index in [0.29, 0.717) is 66.1 Å². The average molecular weight is 499 g/mol. The van der Waals surface area contributed by atoms with Crippen molar-refractivity contribution >= 4 is 5.97 Å². The Morgan fingerprint density at radius 1 is 0.629 bits per heavy atom. The van der Waals surface area contributed by atoms with E-state index in [-0.39, 0.29) is 6.61 Å². The molecule has 8 heteroatoms. The molecular formula is C27H46O8. The molecule has 202 valence electrons. The summed E-state index contributed by atoms with van der Waals surface area (Å²) in [5.74, 6) is 0.484. The number of hydrogen-bond donors (Lipinski definition) is 0. The fourth-order valence-corrected chi connectivity index (χ4v) is 3.17. The van der Waals surface area contributed by atoms with E-state index in [1.165, 1.54) is 51.2 Å². The van der Waals surface area contributed by atoms with Crippen LogP contribution in [0.25, 0.3) is 0 Å². The maximum Gasteiger partial charge on any atom is 0.331 e. The van der Waals surface area contributed by atoms with Crippen molar-refractivity contribution in [2.45, 2.75) is 51.9 Å². The van der Waals surface area contributed by atoms with Gasteiger partial charge in [0.2, 0.25) is 0 Å². The third kappa shape index (κ3) is 20.2. The summed E-state index contributed by atoms with van der Waals surface area (Å²) in [5, 5.41) is 0. The number of methoxy groups -OCH3 is 1. The summed E-state index contributed by atoms with van der Waals surface area (Å²) in [7, 11) is 1.32. The number of ether oxygens (including phenoxy) is 7. The van der Waals surface area contributed by atoms with Crippen LogP contribution in [0.2, 0.25) is 0 Å². The minimum atomic E-state index is -0.397. The van der Waals surface area contributed by atoms with Crippen LogP contribution < -0.4 is 4.74 Å². The van der Waals surface area contributed by atoms with Crippen LogP contribution in [0, 0.1) is 0 Å². The Kier molecular flexibility index (Phi) is 21.5. The molecule has 0 saturated heterocycles. The summed E-state index contributed by atoms with van der Waals surface area (Å²) in [4.78, 5) is 10.8. The van der Waals surface area contributed by atoms with Crippen molar-refractivity contribution in [3.8, 4) is 5.75 Å². The lowest BCUT2D eigenvalue weighted by Gasteiger charge is -2.09. The first kappa shape index (κ1) is 31.3. The second-order valence-corrected chi connectivity index (χ2v) is 8.09. The van der Waals surface area contributed by atoms with Gasteiger partial charge in [-0.05, 0) is 30.5 Å². The first-order chi connectivity index (χ1) is 17.3. The minimum absolute atomic E-state index is 0.0579. The molecule has 0 aromatic heterocycles. The first-order valence-corrected chi connectivity index (χ1v) is 12.9. The Balaban J connectivity index is 1.81. The molecule has 1 aromatic carbocycles. The summed E-state index contributed by atoms with van der Waals surface area (Å²) < 4.78 is 37.0. The third-order valence-electron chi connectivity index (χ3n) is 5.17. The standard InChI is InChI=1S/C27H46O8/c1-3-4-5-6-7-8-9-25-10-12-26(13-11-25)35-23-22-33-19-18-31-15-14-30-16-17-32-20-21-34-24-27(28)29-2/h10-13H,3-9,14-24H2,1-2H3. The van der Waals surface area contributed by atoms with Gasteiger partial charge in [-0.2, -0.15) is 0 Å². The van der Waals surface area contributed by atoms with E-state index < -0.39 is 5.97 Å². The molecule has 0 N–H and O–H groups in total. The first-order valence-electron chi connectivity index (χ1n) is 12.9. The van der Waals surface area contributed by atoms with Crippen LogP contribution in [0.1, 0.15) is 51.0 Å². The molecule has 0 fully saturated rings. The third-order valence-corrected chi connectivity index (χ3v) is 5.17. The molecule has 0 spiro atoms. The monoisotopic (exact) mass is 498 g/mol. The zero-order chi connectivity index (χ0) is 25.2. The van der Waals surface area contributed by atoms with Crippen molar-refractivity contribution in [1.82, 2.24) is 0 Å². The van der Waals surface area contributed by atoms with Gasteiger partial charge in [-0.3, -0.25) is 0 Å². The Hall–Kier alpha value is -1.71. The Bertz CT molecular complexity index is 593. The maximum atomic E-state index is 10.8. The van der Waals surface area contributed by atoms with Gasteiger partial charge in [0.05, 0.1) is 66.6 Å². The number of carbonyl (C=O) groups is 1. The summed E-state index contributed by atoms with van der Waals surface area (Å²) >= 11 is 0. The molecule has 1 aromatic rings. The van der Waals surface area contributed by atoms with Gasteiger partial charge >= 0.3 is 5.97 Å². The Labute approximate surface area is 211 Å². The van der Waals surface area contributed by atoms with Crippen LogP contribution in [-0.4, -0.2) is 85.8 Å². The van der Waals surface area contributed by atoms with Crippen LogP contribution >= 0.6 is 0 Å². The topological polar surface area (TPSA) is 81.7 Å². The van der Waals surface area contributed by atoms with Gasteiger partial charge in [0.1, 0.15) is 19.0 Å². The zero-order valence-corrected chi connectivity index (χ0v) is 21.8. The van der Waals surface area contributed by atoms with E-state index in [1.807, 2.05) is 12.1 Å². The fraction of sp³-hybridized carbons (Fsp3) is 0.741. The molecule has 0 amide bonds. The normalized spacial score (nSPS) is 11.0. The largest absolute Gasteiger partial charge is 0.491 e. The number of rotatable bonds is 25. The second kappa shape index (κ2) is 24.0. The lowest BCUT2D eigenvalue weighted by molar-refractivity contribution is -0.146. The Morgan fingerprint density at radius 2 is 1.11 bits per heavy atom. The van der Waals surface area contributed by atoms with E-state index in [9.17, 15) is 4.79 Å². The molecule has 1 rings (SSSR count). The lowest BCUT2D eigenvalue weighted by atomic mass is 10.0. The number of carbonyl (C=O) groups excluding carboxylic acids is 1. The molecule has 0 aliphatic carbocycles. The van der Waals surface area contributed by atoms with Gasteiger partial charge in [0, 0.05) is 0 Å². The average Bonchev–Trinajstić information content (AvgIpc) is 2.88. The van der Waals surface area contributed by atoms with E-state index >= 15 is 0 Å². The predicted octanol–water partition coefficient (Wildman–Crippen LogP) is 4.22. The van der Waals surface area contributed by atoms with Crippen molar-refractivity contribution < 1.29 is 38.0 Å². The van der Waals surface area contributed by atoms with Crippen LogP contribution in [0.15, 0.2) is 24.3 Å². The molecule has 0 bridgehead atoms. The molecule has 35 heavy (non-hydrogen) atoms. The van der Waals surface area contributed by atoms with Gasteiger partial charge in [0.15, 0.2) is 0 Å². The summed E-state index contributed by atoms with van der Waals surface area (Å²) in [5.41, 5.74) is 1.37. The van der Waals surface area contributed by atoms with Crippen molar-refractivity contribution in [2.24, 2.45) is 0 Å². The van der Waals surface area contributed by atoms with E-state index in [1.54, 1.807) is 0 Å². The summed E-state index contributed by atoms with van der Waals surface area (Å²) in [6, 6.07) is 8.40. The number of benzene rings is 1. The highest BCUT2D eigenvalue weighted by Gasteiger charge is 2.00. The highest BCUT2D eigenvalue weighted by molar-refractivity contribution is 5.70. The molecular weight excluding hydrogens is 452 g/mol. The van der Waals surface area contributed by atoms with Gasteiger partial charge in [-0.25, -0.2) is 4.79 Å². The van der Waals surface area contributed by atoms with Crippen LogP contribution in [0.5, 0.6) is 5.75 Å². The summed E-state index contributed by atoms with van der Waals surface area (Å²) in [6.07, 6.45) is 9.09. The van der Waals surface area contributed by atoms with Crippen LogP contribution in [0.3, 0.4) is 0 Å². The number of aryl methyl sites for hydroxylation is 1. The van der Waals surface area contributed by atoms with Gasteiger partial charge in [-0.1, -0.05) is 51.2 Å². The van der Waals surface area contributed by atoms with E-state index in [0.717, 1.165) is 12.2 Å². The van der Waals surface area contributed by atoms with E-state index in [4.69, 9.17) is 28.4 Å². The number of unbranched alkanes of at least 4 members (excludes halogenated alkanes) is 5.